The average molecular weight is 984 g/mol. The molecule has 0 saturated heterocycles. The average Bonchev–Trinajstić information content (AvgIpc) is 4.10. The zero-order chi connectivity index (χ0) is 50.3. The summed E-state index contributed by atoms with van der Waals surface area (Å²) in [5, 5.41) is 9.93. The molecule has 1 aromatic heterocycles. The van der Waals surface area contributed by atoms with Gasteiger partial charge in [0.05, 0.1) is 0 Å². The summed E-state index contributed by atoms with van der Waals surface area (Å²) in [6.45, 7) is 3.80. The topological polar surface area (TPSA) is 55.7 Å². The first-order valence-corrected chi connectivity index (χ1v) is 29.0. The molecule has 2 saturated carbocycles. The number of rotatable bonds is 9. The van der Waals surface area contributed by atoms with Gasteiger partial charge in [-0.3, -0.25) is 0 Å². The maximum atomic E-state index is 13.9. The Hall–Kier alpha value is -8.30. The third kappa shape index (κ3) is 7.57. The van der Waals surface area contributed by atoms with E-state index in [1.165, 1.54) is 52.6 Å². The Balaban J connectivity index is 0.913. The third-order valence-electron chi connectivity index (χ3n) is 16.7. The molecule has 75 heavy (non-hydrogen) atoms. The monoisotopic (exact) mass is 983 g/mol. The number of fused-ring (bicyclic) bond motifs is 6. The zero-order valence-electron chi connectivity index (χ0n) is 42.1. The predicted molar refractivity (Wildman–Crippen MR) is 314 cm³/mol. The summed E-state index contributed by atoms with van der Waals surface area (Å²) in [6, 6.07) is 83.1. The minimum absolute atomic E-state index is 0.114. The molecule has 0 N–H and O–H groups in total. The fourth-order valence-electron chi connectivity index (χ4n) is 13.6. The first kappa shape index (κ1) is 45.3. The second-order valence-corrected chi connectivity index (χ2v) is 24.5. The highest BCUT2D eigenvalue weighted by molar-refractivity contribution is 7.71. The summed E-state index contributed by atoms with van der Waals surface area (Å²) in [5.74, 6) is 3.18. The Morgan fingerprint density at radius 3 is 1.27 bits per heavy atom. The van der Waals surface area contributed by atoms with Gasteiger partial charge in [0.15, 0.2) is 17.5 Å². The van der Waals surface area contributed by atoms with Gasteiger partial charge in [0.25, 0.3) is 0 Å². The van der Waals surface area contributed by atoms with Crippen molar-refractivity contribution in [1.82, 2.24) is 15.0 Å². The minimum atomic E-state index is -2.60. The number of benzene rings is 11. The molecule has 11 aromatic carbocycles. The molecular formula is C70H54N3OP. The van der Waals surface area contributed by atoms with Crippen LogP contribution in [0.4, 0.5) is 0 Å². The molecule has 4 nitrogen and oxygen atoms in total. The Labute approximate surface area is 438 Å². The number of aromatic nitrogens is 3. The lowest BCUT2D eigenvalue weighted by Gasteiger charge is -2.39. The quantitative estimate of drug-likeness (QED) is 0.107. The van der Waals surface area contributed by atoms with Crippen LogP contribution in [0.25, 0.3) is 111 Å². The van der Waals surface area contributed by atoms with E-state index in [1.54, 1.807) is 0 Å². The first-order valence-electron chi connectivity index (χ1n) is 26.4. The van der Waals surface area contributed by atoms with Crippen molar-refractivity contribution in [2.45, 2.75) is 31.1 Å². The Bertz CT molecular complexity index is 4130. The molecule has 3 atom stereocenters. The van der Waals surface area contributed by atoms with Crippen molar-refractivity contribution in [1.29, 1.82) is 0 Å². The lowest BCUT2D eigenvalue weighted by atomic mass is 9.64. The van der Waals surface area contributed by atoms with E-state index in [-0.39, 0.29) is 5.41 Å². The maximum Gasteiger partial charge on any atom is 0.165 e. The summed E-state index contributed by atoms with van der Waals surface area (Å²) in [6.07, 6.45) is 4.91. The molecule has 2 bridgehead atoms. The molecule has 0 spiro atoms. The van der Waals surface area contributed by atoms with Crippen LogP contribution >= 0.6 is 7.14 Å². The molecule has 2 aliphatic carbocycles. The van der Waals surface area contributed by atoms with Gasteiger partial charge in [-0.2, -0.15) is 0 Å². The molecule has 2 fully saturated rings. The van der Waals surface area contributed by atoms with E-state index >= 15 is 0 Å². The van der Waals surface area contributed by atoms with Crippen molar-refractivity contribution in [3.63, 3.8) is 0 Å². The van der Waals surface area contributed by atoms with Crippen LogP contribution in [0.15, 0.2) is 231 Å². The van der Waals surface area contributed by atoms with Crippen LogP contribution in [0.1, 0.15) is 36.8 Å². The van der Waals surface area contributed by atoms with Crippen LogP contribution < -0.4 is 5.30 Å². The lowest BCUT2D eigenvalue weighted by molar-refractivity contribution is 0.320. The lowest BCUT2D eigenvalue weighted by Crippen LogP contribution is -2.34. The number of hydrogen-bond donors (Lipinski definition) is 0. The zero-order valence-corrected chi connectivity index (χ0v) is 43.0. The highest BCUT2D eigenvalue weighted by Gasteiger charge is 2.52. The largest absolute Gasteiger partial charge is 0.319 e. The molecule has 3 unspecified atom stereocenters. The molecule has 0 amide bonds. The van der Waals surface area contributed by atoms with Crippen LogP contribution in [0.3, 0.4) is 0 Å². The van der Waals surface area contributed by atoms with Crippen molar-refractivity contribution >= 4 is 55.5 Å². The fraction of sp³-hybridized carbons (Fsp3) is 0.129. The normalized spacial score (nSPS) is 17.4. The van der Waals surface area contributed by atoms with Gasteiger partial charge in [-0.25, -0.2) is 15.0 Å². The van der Waals surface area contributed by atoms with Crippen molar-refractivity contribution in [2.75, 3.05) is 13.3 Å². The highest BCUT2D eigenvalue weighted by atomic mass is 31.2. The number of hydrogen-bond acceptors (Lipinski definition) is 4. The van der Waals surface area contributed by atoms with Crippen molar-refractivity contribution in [3.8, 4) is 67.5 Å². The molecule has 1 heterocycles. The van der Waals surface area contributed by atoms with Gasteiger partial charge in [0, 0.05) is 27.4 Å². The summed E-state index contributed by atoms with van der Waals surface area (Å²) < 4.78 is 13.9. The van der Waals surface area contributed by atoms with E-state index in [2.05, 4.69) is 231 Å². The summed E-state index contributed by atoms with van der Waals surface area (Å²) in [4.78, 5) is 16.3. The fourth-order valence-corrected chi connectivity index (χ4v) is 15.1. The van der Waals surface area contributed by atoms with Gasteiger partial charge in [-0.1, -0.05) is 231 Å². The molecule has 0 aliphatic heterocycles. The van der Waals surface area contributed by atoms with E-state index in [0.717, 1.165) is 82.6 Å². The van der Waals surface area contributed by atoms with Crippen molar-refractivity contribution < 1.29 is 4.57 Å². The molecule has 0 radical (unpaired) electrons. The summed E-state index contributed by atoms with van der Waals surface area (Å²) in [5.41, 5.74) is 12.5. The Morgan fingerprint density at radius 1 is 0.373 bits per heavy atom. The first-order chi connectivity index (χ1) is 36.8. The van der Waals surface area contributed by atoms with Crippen LogP contribution in [0.5, 0.6) is 0 Å². The molecule has 14 rings (SSSR count). The molecule has 12 aromatic rings. The van der Waals surface area contributed by atoms with E-state index in [0.29, 0.717) is 29.3 Å². The molecular weight excluding hydrogens is 930 g/mol. The second-order valence-electron chi connectivity index (χ2n) is 21.3. The minimum Gasteiger partial charge on any atom is -0.319 e. The van der Waals surface area contributed by atoms with Crippen molar-refractivity contribution in [3.05, 3.63) is 242 Å². The van der Waals surface area contributed by atoms with Crippen LogP contribution in [0.2, 0.25) is 0 Å². The maximum absolute atomic E-state index is 13.9. The molecule has 2 aliphatic rings. The second kappa shape index (κ2) is 18.0. The Kier molecular flexibility index (Phi) is 10.9. The predicted octanol–water partition coefficient (Wildman–Crippen LogP) is 17.8. The smallest absolute Gasteiger partial charge is 0.165 e. The van der Waals surface area contributed by atoms with Gasteiger partial charge in [0.2, 0.25) is 0 Å². The SMILES string of the molecule is CP(C)(=O)c1c2ccccc2c(-c2ccc(C3(c4ccc(-c5nc(-c6cccc(-c7ccccc7)c6)nc(-c6c7ccccc7c(-c7ccccc7)c7ccccc67)n5)cc4)CC4CCC3C4)cc2)c2ccccc12. The number of nitrogens with zero attached hydrogens (tertiary/aromatic N) is 3. The van der Waals surface area contributed by atoms with Gasteiger partial charge in [-0.05, 0) is 138 Å². The van der Waals surface area contributed by atoms with Crippen molar-refractivity contribution in [2.24, 2.45) is 11.8 Å². The Morgan fingerprint density at radius 2 is 0.773 bits per heavy atom. The van der Waals surface area contributed by atoms with Gasteiger partial charge in [-0.15, -0.1) is 0 Å². The van der Waals surface area contributed by atoms with E-state index in [9.17, 15) is 4.57 Å². The molecule has 360 valence electrons. The van der Waals surface area contributed by atoms with Crippen LogP contribution in [-0.4, -0.2) is 28.3 Å². The van der Waals surface area contributed by atoms with Crippen LogP contribution in [-0.2, 0) is 9.98 Å². The van der Waals surface area contributed by atoms with Gasteiger partial charge in [0.1, 0.15) is 7.14 Å². The van der Waals surface area contributed by atoms with E-state index < -0.39 is 7.14 Å². The standard InChI is InChI=1S/C70H54N3OP/c1-75(2,74)66-61-30-15-13-28-59(61)64(60-29-14-16-31-62(60)66)48-33-38-52(39-34-48)70(44-45-32-37-54(70)42-45)53-40-35-49(36-41-53)67-71-68(51-23-17-22-50(43-51)46-18-5-3-6-19-46)73-69(72-67)65-57-26-11-9-24-55(57)63(47-20-7-4-8-21-47)56-25-10-12-27-58(56)65/h3-31,33-36,38-41,43,45,54H,32,37,42,44H2,1-2H3. The van der Waals surface area contributed by atoms with E-state index in [1.807, 2.05) is 13.3 Å². The molecule has 5 heteroatoms. The van der Waals surface area contributed by atoms with Gasteiger partial charge >= 0.3 is 0 Å². The summed E-state index contributed by atoms with van der Waals surface area (Å²) in [7, 11) is -2.60. The highest BCUT2D eigenvalue weighted by Crippen LogP contribution is 2.60. The van der Waals surface area contributed by atoms with Crippen LogP contribution in [0, 0.1) is 11.8 Å². The van der Waals surface area contributed by atoms with Gasteiger partial charge < -0.3 is 4.57 Å². The summed E-state index contributed by atoms with van der Waals surface area (Å²) >= 11 is 0. The third-order valence-corrected chi connectivity index (χ3v) is 18.3. The van der Waals surface area contributed by atoms with E-state index in [4.69, 9.17) is 15.0 Å².